The first-order valence-corrected chi connectivity index (χ1v) is 13.1. The number of halogens is 2. The molecule has 0 saturated carbocycles. The number of hydrogen-bond acceptors (Lipinski definition) is 6. The SMILES string of the molecule is CC(=O)N(c1ccccc1)C1(c2nc(C)cs2)CCN(Cc2c(Cl)cccc2Cl)CC1.O=C(O)C(=O)O. The summed E-state index contributed by atoms with van der Waals surface area (Å²) in [6.45, 7) is 5.97. The zero-order chi connectivity index (χ0) is 27.2. The standard InChI is InChI=1S/C24H25Cl2N3OS.C2H2O4/c1-17-16-31-23(27-17)24(29(18(2)30)19-7-4-3-5-8-19)11-13-28(14-12-24)15-20-21(25)9-6-10-22(20)26;3-1(4)2(5)6/h3-10,16H,11-15H2,1-2H3;(H,3,4)(H,5,6). The van der Waals surface area contributed by atoms with Gasteiger partial charge in [-0.15, -0.1) is 11.3 Å². The number of carbonyl (C=O) groups is 3. The third-order valence-corrected chi connectivity index (χ3v) is 7.95. The van der Waals surface area contributed by atoms with Crippen LogP contribution in [-0.4, -0.2) is 51.0 Å². The van der Waals surface area contributed by atoms with Crippen LogP contribution in [0.2, 0.25) is 10.0 Å². The molecule has 196 valence electrons. The highest BCUT2D eigenvalue weighted by Gasteiger charge is 2.45. The Labute approximate surface area is 229 Å². The summed E-state index contributed by atoms with van der Waals surface area (Å²) in [5.74, 6) is -3.62. The van der Waals surface area contributed by atoms with Crippen molar-refractivity contribution >= 4 is 58.1 Å². The van der Waals surface area contributed by atoms with Crippen LogP contribution in [0.4, 0.5) is 5.69 Å². The van der Waals surface area contributed by atoms with Crippen molar-refractivity contribution in [2.45, 2.75) is 38.8 Å². The summed E-state index contributed by atoms with van der Waals surface area (Å²) in [7, 11) is 0. The summed E-state index contributed by atoms with van der Waals surface area (Å²) in [6.07, 6.45) is 1.58. The third kappa shape index (κ3) is 6.87. The number of para-hydroxylation sites is 1. The number of nitrogens with zero attached hydrogens (tertiary/aromatic N) is 3. The van der Waals surface area contributed by atoms with Crippen molar-refractivity contribution in [1.29, 1.82) is 0 Å². The first kappa shape index (κ1) is 28.6. The van der Waals surface area contributed by atoms with Crippen LogP contribution in [0.15, 0.2) is 53.9 Å². The summed E-state index contributed by atoms with van der Waals surface area (Å²) >= 11 is 14.4. The van der Waals surface area contributed by atoms with Crippen molar-refractivity contribution in [2.75, 3.05) is 18.0 Å². The van der Waals surface area contributed by atoms with Crippen LogP contribution in [0, 0.1) is 6.92 Å². The molecular weight excluding hydrogens is 537 g/mol. The number of carboxylic acids is 2. The zero-order valence-corrected chi connectivity index (χ0v) is 22.7. The van der Waals surface area contributed by atoms with Crippen molar-refractivity contribution in [2.24, 2.45) is 0 Å². The molecule has 3 aromatic rings. The fraction of sp³-hybridized carbons (Fsp3) is 0.308. The molecule has 11 heteroatoms. The van der Waals surface area contributed by atoms with Gasteiger partial charge in [-0.2, -0.15) is 0 Å². The van der Waals surface area contributed by atoms with E-state index in [1.165, 1.54) is 0 Å². The lowest BCUT2D eigenvalue weighted by molar-refractivity contribution is -0.159. The molecule has 2 aromatic carbocycles. The third-order valence-electron chi connectivity index (χ3n) is 6.08. The van der Waals surface area contributed by atoms with Gasteiger partial charge in [0.15, 0.2) is 0 Å². The van der Waals surface area contributed by atoms with Crippen LogP contribution >= 0.6 is 34.5 Å². The van der Waals surface area contributed by atoms with E-state index >= 15 is 0 Å². The molecule has 1 amide bonds. The maximum atomic E-state index is 12.9. The molecule has 2 N–H and O–H groups in total. The number of aliphatic carboxylic acids is 2. The first-order chi connectivity index (χ1) is 17.5. The van der Waals surface area contributed by atoms with Crippen LogP contribution in [0.5, 0.6) is 0 Å². The Morgan fingerprint density at radius 1 is 1.00 bits per heavy atom. The Kier molecular flexibility index (Phi) is 9.67. The molecule has 0 atom stereocenters. The maximum absolute atomic E-state index is 12.9. The molecule has 8 nitrogen and oxygen atoms in total. The summed E-state index contributed by atoms with van der Waals surface area (Å²) in [5.41, 5.74) is 2.38. The maximum Gasteiger partial charge on any atom is 0.414 e. The van der Waals surface area contributed by atoms with Gasteiger partial charge in [-0.3, -0.25) is 14.6 Å². The molecular formula is C26H27Cl2N3O5S. The van der Waals surface area contributed by atoms with E-state index in [0.717, 1.165) is 47.9 Å². The Hall–Kier alpha value is -2.98. The molecule has 0 radical (unpaired) electrons. The van der Waals surface area contributed by atoms with E-state index in [1.807, 2.05) is 60.4 Å². The summed E-state index contributed by atoms with van der Waals surface area (Å²) in [5, 5.41) is 19.2. The average molecular weight is 564 g/mol. The van der Waals surface area contributed by atoms with Crippen LogP contribution in [0.3, 0.4) is 0 Å². The molecule has 1 aliphatic heterocycles. The Balaban J connectivity index is 0.000000568. The molecule has 0 aliphatic carbocycles. The normalized spacial score (nSPS) is 14.8. The van der Waals surface area contributed by atoms with E-state index in [9.17, 15) is 4.79 Å². The number of thiazole rings is 1. The van der Waals surface area contributed by atoms with Gasteiger partial charge in [-0.05, 0) is 44.0 Å². The molecule has 1 aliphatic rings. The predicted molar refractivity (Wildman–Crippen MR) is 144 cm³/mol. The molecule has 37 heavy (non-hydrogen) atoms. The second kappa shape index (κ2) is 12.5. The second-order valence-corrected chi connectivity index (χ2v) is 10.3. The Bertz CT molecular complexity index is 1230. The number of amides is 1. The van der Waals surface area contributed by atoms with Gasteiger partial charge in [0.1, 0.15) is 10.5 Å². The van der Waals surface area contributed by atoms with E-state index in [-0.39, 0.29) is 5.91 Å². The topological polar surface area (TPSA) is 111 Å². The quantitative estimate of drug-likeness (QED) is 0.396. The smallest absolute Gasteiger partial charge is 0.414 e. The van der Waals surface area contributed by atoms with Gasteiger partial charge in [-0.1, -0.05) is 47.5 Å². The van der Waals surface area contributed by atoms with Gasteiger partial charge in [0.05, 0.1) is 0 Å². The lowest BCUT2D eigenvalue weighted by Gasteiger charge is -2.47. The fourth-order valence-electron chi connectivity index (χ4n) is 4.40. The Morgan fingerprint density at radius 3 is 2.03 bits per heavy atom. The van der Waals surface area contributed by atoms with Crippen LogP contribution in [0.25, 0.3) is 0 Å². The van der Waals surface area contributed by atoms with Crippen molar-refractivity contribution < 1.29 is 24.6 Å². The number of rotatable bonds is 5. The van der Waals surface area contributed by atoms with Gasteiger partial charge in [-0.25, -0.2) is 14.6 Å². The van der Waals surface area contributed by atoms with E-state index in [4.69, 9.17) is 48.0 Å². The number of carbonyl (C=O) groups excluding carboxylic acids is 1. The number of carboxylic acid groups (broad SMARTS) is 2. The molecule has 4 rings (SSSR count). The lowest BCUT2D eigenvalue weighted by atomic mass is 9.85. The van der Waals surface area contributed by atoms with Gasteiger partial charge >= 0.3 is 11.9 Å². The molecule has 1 aromatic heterocycles. The average Bonchev–Trinajstić information content (AvgIpc) is 3.30. The summed E-state index contributed by atoms with van der Waals surface area (Å²) < 4.78 is 0. The molecule has 0 unspecified atom stereocenters. The first-order valence-electron chi connectivity index (χ1n) is 11.4. The summed E-state index contributed by atoms with van der Waals surface area (Å²) in [6, 6.07) is 15.5. The van der Waals surface area contributed by atoms with Crippen LogP contribution < -0.4 is 4.90 Å². The van der Waals surface area contributed by atoms with E-state index < -0.39 is 17.5 Å². The molecule has 1 fully saturated rings. The largest absolute Gasteiger partial charge is 0.473 e. The number of anilines is 1. The van der Waals surface area contributed by atoms with Crippen LogP contribution in [0.1, 0.15) is 36.0 Å². The molecule has 0 spiro atoms. The highest BCUT2D eigenvalue weighted by Crippen LogP contribution is 2.43. The predicted octanol–water partition coefficient (Wildman–Crippen LogP) is 5.46. The highest BCUT2D eigenvalue weighted by atomic mass is 35.5. The van der Waals surface area contributed by atoms with Crippen LogP contribution in [-0.2, 0) is 26.5 Å². The number of aryl methyl sites for hydroxylation is 1. The van der Waals surface area contributed by atoms with Gasteiger partial charge < -0.3 is 10.2 Å². The second-order valence-electron chi connectivity index (χ2n) is 8.60. The highest BCUT2D eigenvalue weighted by molar-refractivity contribution is 7.09. The van der Waals surface area contributed by atoms with E-state index in [0.29, 0.717) is 16.6 Å². The number of aromatic nitrogens is 1. The van der Waals surface area contributed by atoms with Gasteiger partial charge in [0.25, 0.3) is 0 Å². The number of benzene rings is 2. The number of piperidine rings is 1. The molecule has 2 heterocycles. The minimum absolute atomic E-state index is 0.0293. The van der Waals surface area contributed by atoms with Gasteiger partial charge in [0.2, 0.25) is 5.91 Å². The Morgan fingerprint density at radius 2 is 1.57 bits per heavy atom. The fourth-order valence-corrected chi connectivity index (χ4v) is 5.96. The minimum Gasteiger partial charge on any atom is -0.473 e. The number of likely N-dealkylation sites (tertiary alicyclic amines) is 1. The van der Waals surface area contributed by atoms with Crippen molar-refractivity contribution in [3.63, 3.8) is 0 Å². The van der Waals surface area contributed by atoms with E-state index in [2.05, 4.69) is 10.3 Å². The molecule has 1 saturated heterocycles. The zero-order valence-electron chi connectivity index (χ0n) is 20.4. The van der Waals surface area contributed by atoms with E-state index in [1.54, 1.807) is 18.3 Å². The minimum atomic E-state index is -1.82. The van der Waals surface area contributed by atoms with Crippen molar-refractivity contribution in [1.82, 2.24) is 9.88 Å². The summed E-state index contributed by atoms with van der Waals surface area (Å²) in [4.78, 5) is 40.3. The lowest BCUT2D eigenvalue weighted by Crippen LogP contribution is -2.55. The monoisotopic (exact) mass is 563 g/mol. The molecule has 0 bridgehead atoms. The van der Waals surface area contributed by atoms with Gasteiger partial charge in [0, 0.05) is 58.9 Å². The number of hydrogen-bond donors (Lipinski definition) is 2. The van der Waals surface area contributed by atoms with Crippen molar-refractivity contribution in [3.05, 3.63) is 80.2 Å². The van der Waals surface area contributed by atoms with Crippen molar-refractivity contribution in [3.8, 4) is 0 Å².